The number of hydrogen-bond donors (Lipinski definition) is 2. The third-order valence-corrected chi connectivity index (χ3v) is 2.95. The van der Waals surface area contributed by atoms with Crippen LogP contribution in [0.15, 0.2) is 18.3 Å². The predicted molar refractivity (Wildman–Crippen MR) is 79.6 cm³/mol. The second kappa shape index (κ2) is 8.48. The van der Waals surface area contributed by atoms with Crippen molar-refractivity contribution >= 4 is 17.4 Å². The van der Waals surface area contributed by atoms with Gasteiger partial charge >= 0.3 is 0 Å². The van der Waals surface area contributed by atoms with Crippen molar-refractivity contribution in [3.8, 4) is 0 Å². The van der Waals surface area contributed by atoms with Crippen LogP contribution in [0.5, 0.6) is 0 Å². The lowest BCUT2D eigenvalue weighted by molar-refractivity contribution is -0.116. The van der Waals surface area contributed by atoms with Gasteiger partial charge in [-0.2, -0.15) is 0 Å². The molecule has 0 atom stereocenters. The van der Waals surface area contributed by atoms with Crippen molar-refractivity contribution in [2.45, 2.75) is 26.7 Å². The Morgan fingerprint density at radius 2 is 2.05 bits per heavy atom. The van der Waals surface area contributed by atoms with Gasteiger partial charge in [0, 0.05) is 19.5 Å². The average molecular weight is 264 g/mol. The van der Waals surface area contributed by atoms with Gasteiger partial charge in [-0.1, -0.05) is 0 Å². The molecule has 1 heterocycles. The summed E-state index contributed by atoms with van der Waals surface area (Å²) in [6, 6.07) is 3.84. The van der Waals surface area contributed by atoms with Crippen molar-refractivity contribution in [3.05, 3.63) is 18.3 Å². The zero-order valence-electron chi connectivity index (χ0n) is 12.1. The third-order valence-electron chi connectivity index (χ3n) is 2.95. The third kappa shape index (κ3) is 5.26. The van der Waals surface area contributed by atoms with Crippen molar-refractivity contribution in [2.75, 3.05) is 36.9 Å². The summed E-state index contributed by atoms with van der Waals surface area (Å²) in [5.74, 6) is 0.978. The lowest BCUT2D eigenvalue weighted by atomic mass is 10.3. The van der Waals surface area contributed by atoms with E-state index in [4.69, 9.17) is 0 Å². The first-order valence-electron chi connectivity index (χ1n) is 6.86. The molecule has 0 aliphatic rings. The molecule has 0 unspecified atom stereocenters. The number of rotatable bonds is 8. The fraction of sp³-hybridized carbons (Fsp3) is 0.571. The summed E-state index contributed by atoms with van der Waals surface area (Å²) in [7, 11) is 1.88. The molecule has 0 radical (unpaired) electrons. The first-order valence-corrected chi connectivity index (χ1v) is 6.86. The van der Waals surface area contributed by atoms with Crippen LogP contribution in [-0.2, 0) is 4.79 Å². The molecular weight excluding hydrogens is 240 g/mol. The van der Waals surface area contributed by atoms with Crippen molar-refractivity contribution < 1.29 is 4.79 Å². The second-order valence-corrected chi connectivity index (χ2v) is 4.33. The maximum atomic E-state index is 11.6. The number of hydrogen-bond acceptors (Lipinski definition) is 4. The van der Waals surface area contributed by atoms with Crippen LogP contribution < -0.4 is 15.5 Å². The summed E-state index contributed by atoms with van der Waals surface area (Å²) in [5.41, 5.74) is 0.755. The molecule has 0 aliphatic carbocycles. The molecule has 1 aromatic heterocycles. The van der Waals surface area contributed by atoms with Gasteiger partial charge in [-0.05, 0) is 46.0 Å². The summed E-state index contributed by atoms with van der Waals surface area (Å²) in [6.45, 7) is 6.91. The molecule has 1 amide bonds. The van der Waals surface area contributed by atoms with E-state index in [0.29, 0.717) is 6.42 Å². The van der Waals surface area contributed by atoms with Gasteiger partial charge < -0.3 is 15.5 Å². The molecule has 0 aromatic carbocycles. The summed E-state index contributed by atoms with van der Waals surface area (Å²) >= 11 is 0. The highest BCUT2D eigenvalue weighted by Crippen LogP contribution is 2.14. The van der Waals surface area contributed by atoms with Gasteiger partial charge in [0.2, 0.25) is 5.91 Å². The standard InChI is InChI=1S/C14H24N4O/c1-4-18(5-2)13-9-8-12(11-16-13)17-14(19)7-6-10-15-3/h8-9,11,15H,4-7,10H2,1-3H3,(H,17,19). The minimum absolute atomic E-state index is 0.0349. The van der Waals surface area contributed by atoms with Crippen LogP contribution in [-0.4, -0.2) is 37.6 Å². The molecule has 1 aromatic rings. The van der Waals surface area contributed by atoms with E-state index >= 15 is 0 Å². The summed E-state index contributed by atoms with van der Waals surface area (Å²) in [6.07, 6.45) is 3.08. The van der Waals surface area contributed by atoms with Crippen LogP contribution >= 0.6 is 0 Å². The molecule has 0 spiro atoms. The molecule has 5 heteroatoms. The van der Waals surface area contributed by atoms with E-state index in [2.05, 4.69) is 34.4 Å². The van der Waals surface area contributed by atoms with Crippen LogP contribution in [0.1, 0.15) is 26.7 Å². The van der Waals surface area contributed by atoms with Gasteiger partial charge in [-0.25, -0.2) is 4.98 Å². The van der Waals surface area contributed by atoms with Gasteiger partial charge in [0.05, 0.1) is 11.9 Å². The number of nitrogens with one attached hydrogen (secondary N) is 2. The zero-order chi connectivity index (χ0) is 14.1. The Labute approximate surface area is 115 Å². The SMILES string of the molecule is CCN(CC)c1ccc(NC(=O)CCCNC)cn1. The molecule has 0 bridgehead atoms. The number of anilines is 2. The maximum absolute atomic E-state index is 11.6. The van der Waals surface area contributed by atoms with Crippen LogP contribution in [0.2, 0.25) is 0 Å². The fourth-order valence-electron chi connectivity index (χ4n) is 1.84. The largest absolute Gasteiger partial charge is 0.357 e. The number of carbonyl (C=O) groups excluding carboxylic acids is 1. The first kappa shape index (κ1) is 15.4. The fourth-order valence-corrected chi connectivity index (χ4v) is 1.84. The smallest absolute Gasteiger partial charge is 0.224 e. The van der Waals surface area contributed by atoms with Crippen LogP contribution in [0.25, 0.3) is 0 Å². The minimum Gasteiger partial charge on any atom is -0.357 e. The molecule has 0 aliphatic heterocycles. The van der Waals surface area contributed by atoms with E-state index in [1.165, 1.54) is 0 Å². The van der Waals surface area contributed by atoms with Crippen molar-refractivity contribution in [2.24, 2.45) is 0 Å². The second-order valence-electron chi connectivity index (χ2n) is 4.33. The van der Waals surface area contributed by atoms with Gasteiger partial charge in [0.15, 0.2) is 0 Å². The Balaban J connectivity index is 2.50. The summed E-state index contributed by atoms with van der Waals surface area (Å²) in [4.78, 5) is 18.2. The van der Waals surface area contributed by atoms with Gasteiger partial charge in [0.1, 0.15) is 5.82 Å². The Bertz CT molecular complexity index is 374. The lowest BCUT2D eigenvalue weighted by Gasteiger charge is -2.19. The van der Waals surface area contributed by atoms with E-state index in [1.54, 1.807) is 6.20 Å². The van der Waals surface area contributed by atoms with Crippen LogP contribution in [0.3, 0.4) is 0 Å². The van der Waals surface area contributed by atoms with Crippen molar-refractivity contribution in [1.82, 2.24) is 10.3 Å². The molecule has 0 fully saturated rings. The highest BCUT2D eigenvalue weighted by Gasteiger charge is 2.05. The summed E-state index contributed by atoms with van der Waals surface area (Å²) < 4.78 is 0. The van der Waals surface area contributed by atoms with E-state index in [9.17, 15) is 4.79 Å². The molecule has 19 heavy (non-hydrogen) atoms. The minimum atomic E-state index is 0.0349. The number of aromatic nitrogens is 1. The number of carbonyl (C=O) groups is 1. The Morgan fingerprint density at radius 3 is 2.58 bits per heavy atom. The molecule has 1 rings (SSSR count). The van der Waals surface area contributed by atoms with Gasteiger partial charge in [-0.3, -0.25) is 4.79 Å². The Kier molecular flexibility index (Phi) is 6.89. The van der Waals surface area contributed by atoms with Gasteiger partial charge in [-0.15, -0.1) is 0 Å². The number of amides is 1. The molecule has 0 saturated heterocycles. The van der Waals surface area contributed by atoms with E-state index < -0.39 is 0 Å². The molecule has 5 nitrogen and oxygen atoms in total. The van der Waals surface area contributed by atoms with Crippen molar-refractivity contribution in [3.63, 3.8) is 0 Å². The zero-order valence-corrected chi connectivity index (χ0v) is 12.1. The molecule has 106 valence electrons. The maximum Gasteiger partial charge on any atom is 0.224 e. The molecular formula is C14H24N4O. The molecule has 2 N–H and O–H groups in total. The highest BCUT2D eigenvalue weighted by atomic mass is 16.1. The Hall–Kier alpha value is -1.62. The Morgan fingerprint density at radius 1 is 1.32 bits per heavy atom. The monoisotopic (exact) mass is 264 g/mol. The van der Waals surface area contributed by atoms with Gasteiger partial charge in [0.25, 0.3) is 0 Å². The predicted octanol–water partition coefficient (Wildman–Crippen LogP) is 1.87. The molecule has 0 saturated carbocycles. The first-order chi connectivity index (χ1) is 9.21. The average Bonchev–Trinajstić information content (AvgIpc) is 2.42. The van der Waals surface area contributed by atoms with Crippen LogP contribution in [0, 0.1) is 0 Å². The summed E-state index contributed by atoms with van der Waals surface area (Å²) in [5, 5.41) is 5.88. The van der Waals surface area contributed by atoms with E-state index in [-0.39, 0.29) is 5.91 Å². The normalized spacial score (nSPS) is 10.3. The number of nitrogens with zero attached hydrogens (tertiary/aromatic N) is 2. The quantitative estimate of drug-likeness (QED) is 0.704. The number of pyridine rings is 1. The van der Waals surface area contributed by atoms with E-state index in [1.807, 2.05) is 19.2 Å². The lowest BCUT2D eigenvalue weighted by Crippen LogP contribution is -2.23. The highest BCUT2D eigenvalue weighted by molar-refractivity contribution is 5.90. The van der Waals surface area contributed by atoms with E-state index in [0.717, 1.165) is 37.6 Å². The van der Waals surface area contributed by atoms with Crippen molar-refractivity contribution in [1.29, 1.82) is 0 Å². The topological polar surface area (TPSA) is 57.3 Å². The van der Waals surface area contributed by atoms with Crippen LogP contribution in [0.4, 0.5) is 11.5 Å².